The molecule has 102 valence electrons. The SMILES string of the molecule is C=CCNC(C#N)c1ccc(OCC)c(OCC)c1. The topological polar surface area (TPSA) is 54.3 Å². The van der Waals surface area contributed by atoms with Gasteiger partial charge in [0.15, 0.2) is 11.5 Å². The second-order valence-electron chi connectivity index (χ2n) is 3.83. The van der Waals surface area contributed by atoms with E-state index in [1.165, 1.54) is 0 Å². The first-order valence-corrected chi connectivity index (χ1v) is 6.40. The minimum absolute atomic E-state index is 0.382. The minimum Gasteiger partial charge on any atom is -0.490 e. The zero-order chi connectivity index (χ0) is 14.1. The number of rotatable bonds is 8. The Morgan fingerprint density at radius 2 is 2.00 bits per heavy atom. The highest BCUT2D eigenvalue weighted by Crippen LogP contribution is 2.30. The van der Waals surface area contributed by atoms with E-state index in [9.17, 15) is 5.26 Å². The van der Waals surface area contributed by atoms with Crippen LogP contribution in [0, 0.1) is 11.3 Å². The summed E-state index contributed by atoms with van der Waals surface area (Å²) in [4.78, 5) is 0. The van der Waals surface area contributed by atoms with Crippen LogP contribution in [-0.2, 0) is 0 Å². The van der Waals surface area contributed by atoms with Gasteiger partial charge in [-0.05, 0) is 31.5 Å². The molecule has 0 aromatic heterocycles. The van der Waals surface area contributed by atoms with Crippen LogP contribution < -0.4 is 14.8 Å². The predicted octanol–water partition coefficient (Wildman–Crippen LogP) is 2.82. The van der Waals surface area contributed by atoms with Crippen molar-refractivity contribution >= 4 is 0 Å². The molecule has 1 unspecified atom stereocenters. The van der Waals surface area contributed by atoms with E-state index in [0.29, 0.717) is 31.3 Å². The summed E-state index contributed by atoms with van der Waals surface area (Å²) in [5.41, 5.74) is 0.858. The Morgan fingerprint density at radius 1 is 1.32 bits per heavy atom. The fourth-order valence-corrected chi connectivity index (χ4v) is 1.69. The van der Waals surface area contributed by atoms with Crippen LogP contribution in [-0.4, -0.2) is 19.8 Å². The van der Waals surface area contributed by atoms with Gasteiger partial charge in [0.2, 0.25) is 0 Å². The fourth-order valence-electron chi connectivity index (χ4n) is 1.69. The Hall–Kier alpha value is -1.99. The van der Waals surface area contributed by atoms with Gasteiger partial charge in [-0.1, -0.05) is 12.1 Å². The van der Waals surface area contributed by atoms with Crippen molar-refractivity contribution in [2.24, 2.45) is 0 Å². The molecule has 0 bridgehead atoms. The van der Waals surface area contributed by atoms with E-state index in [1.54, 1.807) is 6.08 Å². The number of ether oxygens (including phenoxy) is 2. The standard InChI is InChI=1S/C15H20N2O2/c1-4-9-17-13(11-16)12-7-8-14(18-5-2)15(10-12)19-6-3/h4,7-8,10,13,17H,1,5-6,9H2,2-3H3. The smallest absolute Gasteiger partial charge is 0.161 e. The van der Waals surface area contributed by atoms with Gasteiger partial charge in [-0.2, -0.15) is 5.26 Å². The summed E-state index contributed by atoms with van der Waals surface area (Å²) in [7, 11) is 0. The van der Waals surface area contributed by atoms with Crippen LogP contribution in [0.25, 0.3) is 0 Å². The Balaban J connectivity index is 2.98. The summed E-state index contributed by atoms with van der Waals surface area (Å²) < 4.78 is 11.0. The fraction of sp³-hybridized carbons (Fsp3) is 0.400. The van der Waals surface area contributed by atoms with Crippen molar-refractivity contribution in [3.8, 4) is 17.6 Å². The molecular formula is C15H20N2O2. The third kappa shape index (κ3) is 4.31. The van der Waals surface area contributed by atoms with E-state index >= 15 is 0 Å². The Bertz CT molecular complexity index is 452. The monoisotopic (exact) mass is 260 g/mol. The third-order valence-corrected chi connectivity index (χ3v) is 2.50. The molecule has 1 aromatic rings. The van der Waals surface area contributed by atoms with Crippen LogP contribution in [0.1, 0.15) is 25.5 Å². The number of nitrogens with zero attached hydrogens (tertiary/aromatic N) is 1. The van der Waals surface area contributed by atoms with Crippen molar-refractivity contribution in [2.45, 2.75) is 19.9 Å². The molecule has 0 aliphatic heterocycles. The minimum atomic E-state index is -0.382. The maximum atomic E-state index is 9.18. The largest absolute Gasteiger partial charge is 0.490 e. The zero-order valence-corrected chi connectivity index (χ0v) is 11.5. The highest BCUT2D eigenvalue weighted by Gasteiger charge is 2.13. The van der Waals surface area contributed by atoms with E-state index in [4.69, 9.17) is 9.47 Å². The molecule has 1 atom stereocenters. The molecule has 0 saturated heterocycles. The molecule has 4 heteroatoms. The molecule has 0 spiro atoms. The van der Waals surface area contributed by atoms with Crippen molar-refractivity contribution in [1.82, 2.24) is 5.32 Å². The van der Waals surface area contributed by atoms with Gasteiger partial charge in [-0.15, -0.1) is 6.58 Å². The average Bonchev–Trinajstić information content (AvgIpc) is 2.43. The highest BCUT2D eigenvalue weighted by atomic mass is 16.5. The van der Waals surface area contributed by atoms with E-state index in [0.717, 1.165) is 5.56 Å². The Kier molecular flexibility index (Phi) is 6.48. The quantitative estimate of drug-likeness (QED) is 0.730. The maximum Gasteiger partial charge on any atom is 0.161 e. The maximum absolute atomic E-state index is 9.18. The molecule has 1 rings (SSSR count). The molecule has 0 aliphatic rings. The number of nitrogens with one attached hydrogen (secondary N) is 1. The third-order valence-electron chi connectivity index (χ3n) is 2.50. The van der Waals surface area contributed by atoms with Crippen molar-refractivity contribution in [1.29, 1.82) is 5.26 Å². The van der Waals surface area contributed by atoms with E-state index in [1.807, 2.05) is 32.0 Å². The first-order chi connectivity index (χ1) is 9.26. The second-order valence-corrected chi connectivity index (χ2v) is 3.83. The molecule has 1 N–H and O–H groups in total. The van der Waals surface area contributed by atoms with Gasteiger partial charge in [0.05, 0.1) is 19.3 Å². The van der Waals surface area contributed by atoms with Crippen LogP contribution >= 0.6 is 0 Å². The molecule has 0 heterocycles. The van der Waals surface area contributed by atoms with E-state index in [2.05, 4.69) is 18.0 Å². The lowest BCUT2D eigenvalue weighted by Gasteiger charge is -2.15. The molecular weight excluding hydrogens is 240 g/mol. The molecule has 1 aromatic carbocycles. The molecule has 0 radical (unpaired) electrons. The summed E-state index contributed by atoms with van der Waals surface area (Å²) in [6.45, 7) is 9.18. The van der Waals surface area contributed by atoms with Crippen molar-refractivity contribution in [3.05, 3.63) is 36.4 Å². The van der Waals surface area contributed by atoms with Gasteiger partial charge >= 0.3 is 0 Å². The van der Waals surface area contributed by atoms with Gasteiger partial charge < -0.3 is 9.47 Å². The molecule has 0 aliphatic carbocycles. The normalized spacial score (nSPS) is 11.4. The first kappa shape index (κ1) is 15.1. The van der Waals surface area contributed by atoms with E-state index < -0.39 is 0 Å². The number of benzene rings is 1. The summed E-state index contributed by atoms with van der Waals surface area (Å²) >= 11 is 0. The Labute approximate surface area is 114 Å². The number of hydrogen-bond acceptors (Lipinski definition) is 4. The van der Waals surface area contributed by atoms with Crippen LogP contribution in [0.4, 0.5) is 0 Å². The summed E-state index contributed by atoms with van der Waals surface area (Å²) in [5, 5.41) is 12.3. The lowest BCUT2D eigenvalue weighted by molar-refractivity contribution is 0.287. The molecule has 0 amide bonds. The molecule has 0 fully saturated rings. The molecule has 4 nitrogen and oxygen atoms in total. The summed E-state index contributed by atoms with van der Waals surface area (Å²) in [6.07, 6.45) is 1.72. The van der Waals surface area contributed by atoms with Crippen LogP contribution in [0.2, 0.25) is 0 Å². The van der Waals surface area contributed by atoms with E-state index in [-0.39, 0.29) is 6.04 Å². The highest BCUT2D eigenvalue weighted by molar-refractivity contribution is 5.45. The molecule has 0 saturated carbocycles. The number of nitriles is 1. The van der Waals surface area contributed by atoms with Crippen LogP contribution in [0.15, 0.2) is 30.9 Å². The van der Waals surface area contributed by atoms with Crippen molar-refractivity contribution < 1.29 is 9.47 Å². The van der Waals surface area contributed by atoms with Gasteiger partial charge in [-0.25, -0.2) is 0 Å². The average molecular weight is 260 g/mol. The number of hydrogen-bond donors (Lipinski definition) is 1. The van der Waals surface area contributed by atoms with Crippen LogP contribution in [0.3, 0.4) is 0 Å². The van der Waals surface area contributed by atoms with Gasteiger partial charge in [0.25, 0.3) is 0 Å². The summed E-state index contributed by atoms with van der Waals surface area (Å²) in [5.74, 6) is 1.37. The van der Waals surface area contributed by atoms with Crippen molar-refractivity contribution in [2.75, 3.05) is 19.8 Å². The van der Waals surface area contributed by atoms with Crippen LogP contribution in [0.5, 0.6) is 11.5 Å². The van der Waals surface area contributed by atoms with Crippen molar-refractivity contribution in [3.63, 3.8) is 0 Å². The lowest BCUT2D eigenvalue weighted by Crippen LogP contribution is -2.19. The second kappa shape index (κ2) is 8.17. The van der Waals surface area contributed by atoms with Gasteiger partial charge in [0, 0.05) is 6.54 Å². The summed E-state index contributed by atoms with van der Waals surface area (Å²) in [6, 6.07) is 7.39. The lowest BCUT2D eigenvalue weighted by atomic mass is 10.1. The first-order valence-electron chi connectivity index (χ1n) is 6.40. The van der Waals surface area contributed by atoms with Gasteiger partial charge in [-0.3, -0.25) is 5.32 Å². The predicted molar refractivity (Wildman–Crippen MR) is 75.3 cm³/mol. The molecule has 19 heavy (non-hydrogen) atoms. The Morgan fingerprint density at radius 3 is 2.58 bits per heavy atom. The zero-order valence-electron chi connectivity index (χ0n) is 11.5. The van der Waals surface area contributed by atoms with Gasteiger partial charge in [0.1, 0.15) is 6.04 Å².